The summed E-state index contributed by atoms with van der Waals surface area (Å²) in [6, 6.07) is 18.5. The average Bonchev–Trinajstić information content (AvgIpc) is 3.52. The van der Waals surface area contributed by atoms with Gasteiger partial charge in [-0.3, -0.25) is 9.69 Å². The van der Waals surface area contributed by atoms with Crippen molar-refractivity contribution >= 4 is 10.9 Å². The number of nitrogens with one attached hydrogen (secondary N) is 1. The van der Waals surface area contributed by atoms with Gasteiger partial charge in [-0.05, 0) is 71.4 Å². The maximum atomic E-state index is 13.4. The van der Waals surface area contributed by atoms with E-state index in [1.807, 2.05) is 42.1 Å². The van der Waals surface area contributed by atoms with Crippen LogP contribution in [0.25, 0.3) is 10.9 Å². The molecule has 1 N–H and O–H groups in total. The van der Waals surface area contributed by atoms with Crippen molar-refractivity contribution in [3.63, 3.8) is 0 Å². The van der Waals surface area contributed by atoms with Crippen LogP contribution < -0.4 is 5.56 Å². The van der Waals surface area contributed by atoms with Crippen molar-refractivity contribution in [2.45, 2.75) is 57.7 Å². The summed E-state index contributed by atoms with van der Waals surface area (Å²) in [6.45, 7) is 2.81. The van der Waals surface area contributed by atoms with Gasteiger partial charge < -0.3 is 4.98 Å². The second-order valence-corrected chi connectivity index (χ2v) is 9.05. The molecule has 7 heteroatoms. The normalized spacial score (nSPS) is 15.5. The summed E-state index contributed by atoms with van der Waals surface area (Å²) in [7, 11) is 2.04. The van der Waals surface area contributed by atoms with E-state index in [0.717, 1.165) is 36.0 Å². The molecule has 1 saturated carbocycles. The summed E-state index contributed by atoms with van der Waals surface area (Å²) in [6.07, 6.45) is 5.46. The van der Waals surface area contributed by atoms with Gasteiger partial charge in [0.05, 0.1) is 6.04 Å². The van der Waals surface area contributed by atoms with E-state index < -0.39 is 0 Å². The van der Waals surface area contributed by atoms with Gasteiger partial charge in [0, 0.05) is 17.6 Å². The Morgan fingerprint density at radius 1 is 1.09 bits per heavy atom. The molecule has 2 heterocycles. The Kier molecular flexibility index (Phi) is 6.05. The van der Waals surface area contributed by atoms with Crippen LogP contribution in [-0.2, 0) is 13.0 Å². The molecular formula is C26H30N6O. The maximum Gasteiger partial charge on any atom is 0.253 e. The lowest BCUT2D eigenvalue weighted by Crippen LogP contribution is -2.33. The lowest BCUT2D eigenvalue weighted by atomic mass is 10.0. The van der Waals surface area contributed by atoms with Gasteiger partial charge in [-0.15, -0.1) is 5.10 Å². The van der Waals surface area contributed by atoms with Gasteiger partial charge in [0.1, 0.15) is 6.04 Å². The minimum absolute atomic E-state index is 0.0994. The lowest BCUT2D eigenvalue weighted by Gasteiger charge is -2.28. The zero-order chi connectivity index (χ0) is 22.8. The molecule has 1 unspecified atom stereocenters. The number of pyridine rings is 1. The number of fused-ring (bicyclic) bond motifs is 1. The fourth-order valence-electron chi connectivity index (χ4n) is 5.02. The molecule has 1 aliphatic rings. The minimum atomic E-state index is -0.362. The fourth-order valence-corrected chi connectivity index (χ4v) is 5.02. The first-order chi connectivity index (χ1) is 16.1. The highest BCUT2D eigenvalue weighted by Gasteiger charge is 2.31. The summed E-state index contributed by atoms with van der Waals surface area (Å²) in [5.74, 6) is 0.733. The minimum Gasteiger partial charge on any atom is -0.322 e. The van der Waals surface area contributed by atoms with E-state index in [-0.39, 0.29) is 17.6 Å². The summed E-state index contributed by atoms with van der Waals surface area (Å²) in [5.41, 5.74) is 3.84. The number of nitrogens with zero attached hydrogens (tertiary/aromatic N) is 5. The zero-order valence-electron chi connectivity index (χ0n) is 19.2. The Hall–Kier alpha value is -3.32. The molecule has 5 rings (SSSR count). The van der Waals surface area contributed by atoms with Crippen molar-refractivity contribution in [2.75, 3.05) is 7.05 Å². The Balaban J connectivity index is 1.63. The molecule has 0 saturated heterocycles. The third kappa shape index (κ3) is 4.33. The molecule has 2 aromatic heterocycles. The van der Waals surface area contributed by atoms with E-state index in [0.29, 0.717) is 12.1 Å². The van der Waals surface area contributed by atoms with Gasteiger partial charge >= 0.3 is 0 Å². The van der Waals surface area contributed by atoms with Gasteiger partial charge in [0.2, 0.25) is 0 Å². The fraction of sp³-hybridized carbons (Fsp3) is 0.385. The Morgan fingerprint density at radius 3 is 2.64 bits per heavy atom. The molecule has 0 radical (unpaired) electrons. The number of rotatable bonds is 7. The van der Waals surface area contributed by atoms with Crippen molar-refractivity contribution in [3.05, 3.63) is 87.5 Å². The number of hydrogen-bond donors (Lipinski definition) is 1. The number of benzene rings is 2. The summed E-state index contributed by atoms with van der Waals surface area (Å²) in [5, 5.41) is 13.9. The number of hydrogen-bond acceptors (Lipinski definition) is 5. The summed E-state index contributed by atoms with van der Waals surface area (Å²) in [4.78, 5) is 18.6. The molecule has 0 spiro atoms. The highest BCUT2D eigenvalue weighted by Crippen LogP contribution is 2.33. The molecular weight excluding hydrogens is 412 g/mol. The number of tetrazole rings is 1. The van der Waals surface area contributed by atoms with Crippen LogP contribution in [-0.4, -0.2) is 37.1 Å². The third-order valence-electron chi connectivity index (χ3n) is 6.79. The number of aromatic amines is 1. The first kappa shape index (κ1) is 21.5. The molecule has 1 aliphatic carbocycles. The Morgan fingerprint density at radius 2 is 1.88 bits per heavy atom. The SMILES string of the molecule is CCc1ccc2[nH]c(=O)c(C(c3nnnn3C3CCCC3)N(C)Cc3ccccc3)cc2c1. The lowest BCUT2D eigenvalue weighted by molar-refractivity contribution is 0.247. The van der Waals surface area contributed by atoms with Crippen LogP contribution in [0.1, 0.15) is 67.2 Å². The Labute approximate surface area is 193 Å². The van der Waals surface area contributed by atoms with E-state index in [1.165, 1.54) is 24.0 Å². The second-order valence-electron chi connectivity index (χ2n) is 9.05. The van der Waals surface area contributed by atoms with Crippen LogP contribution >= 0.6 is 0 Å². The van der Waals surface area contributed by atoms with Crippen molar-refractivity contribution in [3.8, 4) is 0 Å². The van der Waals surface area contributed by atoms with Crippen molar-refractivity contribution < 1.29 is 0 Å². The van der Waals surface area contributed by atoms with Crippen LogP contribution in [0.3, 0.4) is 0 Å². The average molecular weight is 443 g/mol. The molecule has 0 amide bonds. The summed E-state index contributed by atoms with van der Waals surface area (Å²) < 4.78 is 1.96. The van der Waals surface area contributed by atoms with E-state index >= 15 is 0 Å². The zero-order valence-corrected chi connectivity index (χ0v) is 19.2. The van der Waals surface area contributed by atoms with Gasteiger partial charge in [-0.25, -0.2) is 4.68 Å². The van der Waals surface area contributed by atoms with Gasteiger partial charge in [-0.2, -0.15) is 0 Å². The van der Waals surface area contributed by atoms with Crippen LogP contribution in [0, 0.1) is 0 Å². The monoisotopic (exact) mass is 442 g/mol. The first-order valence-corrected chi connectivity index (χ1v) is 11.8. The van der Waals surface area contributed by atoms with Crippen molar-refractivity contribution in [2.24, 2.45) is 0 Å². The predicted molar refractivity (Wildman–Crippen MR) is 129 cm³/mol. The number of H-pyrrole nitrogens is 1. The topological polar surface area (TPSA) is 79.7 Å². The van der Waals surface area contributed by atoms with Gasteiger partial charge in [0.25, 0.3) is 5.56 Å². The first-order valence-electron chi connectivity index (χ1n) is 11.8. The van der Waals surface area contributed by atoms with Crippen LogP contribution in [0.2, 0.25) is 0 Å². The molecule has 2 aromatic carbocycles. The third-order valence-corrected chi connectivity index (χ3v) is 6.79. The van der Waals surface area contributed by atoms with Gasteiger partial charge in [0.15, 0.2) is 5.82 Å². The number of aryl methyl sites for hydroxylation is 1. The molecule has 170 valence electrons. The predicted octanol–water partition coefficient (Wildman–Crippen LogP) is 4.41. The molecule has 1 fully saturated rings. The molecule has 1 atom stereocenters. The van der Waals surface area contributed by atoms with Crippen LogP contribution in [0.4, 0.5) is 0 Å². The van der Waals surface area contributed by atoms with Crippen LogP contribution in [0.15, 0.2) is 59.4 Å². The summed E-state index contributed by atoms with van der Waals surface area (Å²) >= 11 is 0. The highest BCUT2D eigenvalue weighted by atomic mass is 16.1. The molecule has 7 nitrogen and oxygen atoms in total. The van der Waals surface area contributed by atoms with Crippen molar-refractivity contribution in [1.82, 2.24) is 30.1 Å². The molecule has 33 heavy (non-hydrogen) atoms. The maximum absolute atomic E-state index is 13.4. The van der Waals surface area contributed by atoms with E-state index in [1.54, 1.807) is 0 Å². The standard InChI is InChI=1S/C26H30N6O/c1-3-18-13-14-23-20(15-18)16-22(26(33)27-23)24(31(2)17-19-9-5-4-6-10-19)25-28-29-30-32(25)21-11-7-8-12-21/h4-6,9-10,13-16,21,24H,3,7-8,11-12,17H2,1-2H3,(H,27,33). The van der Waals surface area contributed by atoms with E-state index in [2.05, 4.69) is 56.6 Å². The highest BCUT2D eigenvalue weighted by molar-refractivity contribution is 5.80. The Bertz CT molecular complexity index is 1290. The van der Waals surface area contributed by atoms with Crippen LogP contribution in [0.5, 0.6) is 0 Å². The largest absolute Gasteiger partial charge is 0.322 e. The van der Waals surface area contributed by atoms with E-state index in [4.69, 9.17) is 0 Å². The van der Waals surface area contributed by atoms with E-state index in [9.17, 15) is 4.79 Å². The quantitative estimate of drug-likeness (QED) is 0.458. The van der Waals surface area contributed by atoms with Crippen molar-refractivity contribution in [1.29, 1.82) is 0 Å². The number of aromatic nitrogens is 5. The molecule has 0 bridgehead atoms. The second kappa shape index (κ2) is 9.27. The smallest absolute Gasteiger partial charge is 0.253 e. The molecule has 0 aliphatic heterocycles. The van der Waals surface area contributed by atoms with Gasteiger partial charge in [-0.1, -0.05) is 56.2 Å². The molecule has 4 aromatic rings.